The number of hydrogen-bond donors (Lipinski definition) is 1. The molecule has 1 aromatic rings. The molecule has 1 unspecified atom stereocenters. The standard InChI is InChI=1S/C10H13Cl2NO/c1-2-10(14)8-3-4-13(6-8)7-9(12)5-11/h3-6,10,14H,2,7H2,1H3. The highest BCUT2D eigenvalue weighted by Crippen LogP contribution is 2.17. The molecule has 0 aliphatic heterocycles. The van der Waals surface area contributed by atoms with Gasteiger partial charge in [0, 0.05) is 23.0 Å². The summed E-state index contributed by atoms with van der Waals surface area (Å²) in [6.45, 7) is 2.48. The third-order valence-corrected chi connectivity index (χ3v) is 2.60. The summed E-state index contributed by atoms with van der Waals surface area (Å²) in [4.78, 5) is 0. The molecule has 0 spiro atoms. The Hall–Kier alpha value is -0.440. The van der Waals surface area contributed by atoms with E-state index in [4.69, 9.17) is 23.2 Å². The summed E-state index contributed by atoms with van der Waals surface area (Å²) in [5.41, 5.74) is 2.25. The van der Waals surface area contributed by atoms with Crippen LogP contribution in [0.15, 0.2) is 29.0 Å². The first-order valence-corrected chi connectivity index (χ1v) is 5.27. The fourth-order valence-electron chi connectivity index (χ4n) is 1.20. The quantitative estimate of drug-likeness (QED) is 0.849. The lowest BCUT2D eigenvalue weighted by Gasteiger charge is -2.04. The molecule has 1 aromatic heterocycles. The Bertz CT molecular complexity index is 320. The monoisotopic (exact) mass is 233 g/mol. The van der Waals surface area contributed by atoms with Crippen molar-refractivity contribution in [1.82, 2.24) is 4.57 Å². The molecule has 1 heterocycles. The normalized spacial score (nSPS) is 14.4. The van der Waals surface area contributed by atoms with E-state index < -0.39 is 6.10 Å². The fraction of sp³-hybridized carbons (Fsp3) is 0.400. The van der Waals surface area contributed by atoms with Crippen molar-refractivity contribution in [2.45, 2.75) is 26.0 Å². The molecule has 1 rings (SSSR count). The van der Waals surface area contributed by atoms with Crippen molar-refractivity contribution in [2.24, 2.45) is 0 Å². The van der Waals surface area contributed by atoms with Gasteiger partial charge in [0.2, 0.25) is 0 Å². The minimum atomic E-state index is -0.394. The second-order valence-corrected chi connectivity index (χ2v) is 3.80. The van der Waals surface area contributed by atoms with Gasteiger partial charge in [-0.3, -0.25) is 0 Å². The number of nitrogens with zero attached hydrogens (tertiary/aromatic N) is 1. The first kappa shape index (κ1) is 11.6. The van der Waals surface area contributed by atoms with Crippen LogP contribution in [0.5, 0.6) is 0 Å². The Morgan fingerprint density at radius 1 is 1.71 bits per heavy atom. The van der Waals surface area contributed by atoms with Gasteiger partial charge in [0.1, 0.15) is 0 Å². The number of rotatable bonds is 4. The van der Waals surface area contributed by atoms with E-state index >= 15 is 0 Å². The molecule has 4 heteroatoms. The zero-order valence-corrected chi connectivity index (χ0v) is 9.46. The molecular formula is C10H13Cl2NO. The lowest BCUT2D eigenvalue weighted by molar-refractivity contribution is 0.173. The minimum absolute atomic E-state index is 0.394. The highest BCUT2D eigenvalue weighted by molar-refractivity contribution is 6.36. The highest BCUT2D eigenvalue weighted by atomic mass is 35.5. The fourth-order valence-corrected chi connectivity index (χ4v) is 1.41. The lowest BCUT2D eigenvalue weighted by Crippen LogP contribution is -1.96. The van der Waals surface area contributed by atoms with E-state index in [0.29, 0.717) is 18.0 Å². The molecule has 78 valence electrons. The molecule has 0 saturated heterocycles. The van der Waals surface area contributed by atoms with E-state index in [1.807, 2.05) is 30.0 Å². The zero-order valence-electron chi connectivity index (χ0n) is 7.95. The van der Waals surface area contributed by atoms with Crippen LogP contribution in [-0.4, -0.2) is 9.67 Å². The van der Waals surface area contributed by atoms with Gasteiger partial charge in [-0.2, -0.15) is 0 Å². The molecule has 1 atom stereocenters. The minimum Gasteiger partial charge on any atom is -0.388 e. The van der Waals surface area contributed by atoms with E-state index in [1.165, 1.54) is 5.54 Å². The molecule has 0 amide bonds. The number of allylic oxidation sites excluding steroid dienone is 1. The Labute approximate surface area is 93.8 Å². The Kier molecular flexibility index (Phi) is 4.52. The van der Waals surface area contributed by atoms with Crippen LogP contribution in [-0.2, 0) is 6.54 Å². The summed E-state index contributed by atoms with van der Waals surface area (Å²) in [5.74, 6) is 0. The number of aromatic nitrogens is 1. The van der Waals surface area contributed by atoms with Gasteiger partial charge in [-0.15, -0.1) is 0 Å². The zero-order chi connectivity index (χ0) is 10.6. The third-order valence-electron chi connectivity index (χ3n) is 2.00. The van der Waals surface area contributed by atoms with Gasteiger partial charge >= 0.3 is 0 Å². The largest absolute Gasteiger partial charge is 0.388 e. The van der Waals surface area contributed by atoms with Crippen molar-refractivity contribution >= 4 is 23.2 Å². The van der Waals surface area contributed by atoms with Gasteiger partial charge in [-0.1, -0.05) is 30.1 Å². The van der Waals surface area contributed by atoms with Crippen molar-refractivity contribution < 1.29 is 5.11 Å². The molecule has 14 heavy (non-hydrogen) atoms. The molecule has 2 nitrogen and oxygen atoms in total. The van der Waals surface area contributed by atoms with Gasteiger partial charge in [0.15, 0.2) is 0 Å². The van der Waals surface area contributed by atoms with E-state index in [0.717, 1.165) is 5.56 Å². The summed E-state index contributed by atoms with van der Waals surface area (Å²) >= 11 is 11.2. The maximum atomic E-state index is 9.55. The third kappa shape index (κ3) is 3.05. The first-order valence-electron chi connectivity index (χ1n) is 4.45. The molecule has 0 aliphatic rings. The average Bonchev–Trinajstić information content (AvgIpc) is 2.65. The summed E-state index contributed by atoms with van der Waals surface area (Å²) in [6.07, 6.45) is 4.06. The van der Waals surface area contributed by atoms with Crippen molar-refractivity contribution in [3.05, 3.63) is 34.6 Å². The van der Waals surface area contributed by atoms with Gasteiger partial charge in [-0.25, -0.2) is 0 Å². The highest BCUT2D eigenvalue weighted by Gasteiger charge is 2.06. The summed E-state index contributed by atoms with van der Waals surface area (Å²) in [5, 5.41) is 10.1. The van der Waals surface area contributed by atoms with Crippen molar-refractivity contribution in [3.63, 3.8) is 0 Å². The van der Waals surface area contributed by atoms with Crippen molar-refractivity contribution in [3.8, 4) is 0 Å². The van der Waals surface area contributed by atoms with Gasteiger partial charge in [0.05, 0.1) is 12.6 Å². The summed E-state index contributed by atoms with van der Waals surface area (Å²) < 4.78 is 1.88. The summed E-state index contributed by atoms with van der Waals surface area (Å²) in [7, 11) is 0. The molecule has 0 bridgehead atoms. The molecule has 0 saturated carbocycles. The topological polar surface area (TPSA) is 25.2 Å². The predicted octanol–water partition coefficient (Wildman–Crippen LogP) is 3.25. The van der Waals surface area contributed by atoms with Crippen LogP contribution < -0.4 is 0 Å². The maximum Gasteiger partial charge on any atom is 0.0802 e. The SMILES string of the molecule is CCC(O)c1ccn(CC(Cl)=CCl)c1. The van der Waals surface area contributed by atoms with Gasteiger partial charge < -0.3 is 9.67 Å². The van der Waals surface area contributed by atoms with Crippen LogP contribution in [0.25, 0.3) is 0 Å². The molecule has 0 aromatic carbocycles. The van der Waals surface area contributed by atoms with Crippen molar-refractivity contribution in [2.75, 3.05) is 0 Å². The van der Waals surface area contributed by atoms with Gasteiger partial charge in [-0.05, 0) is 18.1 Å². The Balaban J connectivity index is 2.68. The lowest BCUT2D eigenvalue weighted by atomic mass is 10.1. The molecular weight excluding hydrogens is 221 g/mol. The first-order chi connectivity index (χ1) is 6.67. The van der Waals surface area contributed by atoms with Gasteiger partial charge in [0.25, 0.3) is 0 Å². The van der Waals surface area contributed by atoms with E-state index in [-0.39, 0.29) is 0 Å². The number of halogens is 2. The predicted molar refractivity (Wildman–Crippen MR) is 59.5 cm³/mol. The molecule has 0 aliphatic carbocycles. The smallest absolute Gasteiger partial charge is 0.0802 e. The molecule has 0 fully saturated rings. The van der Waals surface area contributed by atoms with Crippen LogP contribution in [0.3, 0.4) is 0 Å². The second-order valence-electron chi connectivity index (χ2n) is 3.10. The maximum absolute atomic E-state index is 9.55. The number of aliphatic hydroxyl groups is 1. The van der Waals surface area contributed by atoms with E-state index in [1.54, 1.807) is 0 Å². The Morgan fingerprint density at radius 3 is 3.00 bits per heavy atom. The van der Waals surface area contributed by atoms with Crippen LogP contribution in [0.2, 0.25) is 0 Å². The average molecular weight is 234 g/mol. The van der Waals surface area contributed by atoms with Crippen LogP contribution >= 0.6 is 23.2 Å². The Morgan fingerprint density at radius 2 is 2.43 bits per heavy atom. The van der Waals surface area contributed by atoms with Crippen LogP contribution in [0.4, 0.5) is 0 Å². The van der Waals surface area contributed by atoms with Crippen molar-refractivity contribution in [1.29, 1.82) is 0 Å². The molecule has 0 radical (unpaired) electrons. The number of aliphatic hydroxyl groups excluding tert-OH is 1. The summed E-state index contributed by atoms with van der Waals surface area (Å²) in [6, 6.07) is 1.88. The van der Waals surface area contributed by atoms with Crippen LogP contribution in [0, 0.1) is 0 Å². The van der Waals surface area contributed by atoms with E-state index in [9.17, 15) is 5.11 Å². The molecule has 1 N–H and O–H groups in total. The van der Waals surface area contributed by atoms with Crippen LogP contribution in [0.1, 0.15) is 25.0 Å². The van der Waals surface area contributed by atoms with E-state index in [2.05, 4.69) is 0 Å². The number of hydrogen-bond acceptors (Lipinski definition) is 1. The second kappa shape index (κ2) is 5.44.